The molecule has 0 aromatic carbocycles. The quantitative estimate of drug-likeness (QED) is 0.467. The largest absolute Gasteiger partial charge is 0.504 e. The van der Waals surface area contributed by atoms with E-state index < -0.39 is 0 Å². The van der Waals surface area contributed by atoms with Crippen molar-refractivity contribution in [1.29, 1.82) is 0 Å². The van der Waals surface area contributed by atoms with Crippen molar-refractivity contribution < 1.29 is 10.2 Å². The monoisotopic (exact) mass is 140 g/mol. The second-order valence-electron chi connectivity index (χ2n) is 1.79. The number of aliphatic hydroxyl groups is 2. The van der Waals surface area contributed by atoms with Crippen LogP contribution in [-0.4, -0.2) is 10.2 Å². The normalized spacial score (nSPS) is 13.3. The zero-order valence-corrected chi connectivity index (χ0v) is 6.04. The fourth-order valence-electron chi connectivity index (χ4n) is 0.419. The van der Waals surface area contributed by atoms with Crippen molar-refractivity contribution in [1.82, 2.24) is 0 Å². The topological polar surface area (TPSA) is 40.5 Å². The van der Waals surface area contributed by atoms with Crippen molar-refractivity contribution in [3.8, 4) is 0 Å². The van der Waals surface area contributed by atoms with Gasteiger partial charge in [0.2, 0.25) is 0 Å². The van der Waals surface area contributed by atoms with Gasteiger partial charge in [-0.25, -0.2) is 0 Å². The molecule has 0 spiro atoms. The van der Waals surface area contributed by atoms with Crippen molar-refractivity contribution in [2.75, 3.05) is 0 Å². The molecule has 0 fully saturated rings. The molecule has 2 nitrogen and oxygen atoms in total. The number of rotatable bonds is 3. The summed E-state index contributed by atoms with van der Waals surface area (Å²) in [4.78, 5) is 0. The van der Waals surface area contributed by atoms with E-state index in [0.717, 1.165) is 6.42 Å². The van der Waals surface area contributed by atoms with Gasteiger partial charge in [-0.3, -0.25) is 0 Å². The summed E-state index contributed by atoms with van der Waals surface area (Å²) in [5.74, 6) is -0.332. The zero-order chi connectivity index (χ0) is 7.98. The molecule has 0 aliphatic heterocycles. The lowest BCUT2D eigenvalue weighted by atomic mass is 10.3. The first-order chi connectivity index (χ1) is 4.72. The van der Waals surface area contributed by atoms with Crippen LogP contribution in [0.4, 0.5) is 0 Å². The summed E-state index contributed by atoms with van der Waals surface area (Å²) in [6.07, 6.45) is 5.20. The molecule has 0 atom stereocenters. The number of hydrogen-bond acceptors (Lipinski definition) is 2. The summed E-state index contributed by atoms with van der Waals surface area (Å²) in [6.45, 7) is 5.23. The Bertz CT molecular complexity index is 166. The third kappa shape index (κ3) is 2.97. The molecule has 0 aromatic heterocycles. The van der Waals surface area contributed by atoms with Gasteiger partial charge in [0.25, 0.3) is 0 Å². The molecule has 0 radical (unpaired) electrons. The maximum atomic E-state index is 8.92. The second-order valence-corrected chi connectivity index (χ2v) is 1.79. The number of allylic oxidation sites excluding steroid dienone is 3. The maximum absolute atomic E-state index is 8.92. The van der Waals surface area contributed by atoms with Crippen LogP contribution in [0.15, 0.2) is 36.3 Å². The fourth-order valence-corrected chi connectivity index (χ4v) is 0.419. The van der Waals surface area contributed by atoms with Crippen LogP contribution in [0.25, 0.3) is 0 Å². The van der Waals surface area contributed by atoms with E-state index in [0.29, 0.717) is 0 Å². The van der Waals surface area contributed by atoms with Crippen LogP contribution in [0.2, 0.25) is 0 Å². The Kier molecular flexibility index (Phi) is 4.12. The van der Waals surface area contributed by atoms with Crippen molar-refractivity contribution in [2.45, 2.75) is 13.3 Å². The maximum Gasteiger partial charge on any atom is 0.157 e. The fraction of sp³-hybridized carbons (Fsp3) is 0.250. The number of aliphatic hydroxyl groups excluding tert-OH is 2. The van der Waals surface area contributed by atoms with Crippen LogP contribution < -0.4 is 0 Å². The van der Waals surface area contributed by atoms with Crippen LogP contribution in [0, 0.1) is 0 Å². The minimum atomic E-state index is -0.190. The third-order valence-corrected chi connectivity index (χ3v) is 0.967. The van der Waals surface area contributed by atoms with E-state index in [-0.39, 0.29) is 11.5 Å². The molecule has 2 heteroatoms. The van der Waals surface area contributed by atoms with E-state index in [1.54, 1.807) is 6.08 Å². The lowest BCUT2D eigenvalue weighted by Gasteiger charge is -1.92. The first-order valence-corrected chi connectivity index (χ1v) is 3.13. The average molecular weight is 140 g/mol. The summed E-state index contributed by atoms with van der Waals surface area (Å²) < 4.78 is 0. The van der Waals surface area contributed by atoms with Gasteiger partial charge in [0.1, 0.15) is 0 Å². The Hall–Kier alpha value is -1.18. The highest BCUT2D eigenvalue weighted by Gasteiger charge is 1.91. The molecule has 10 heavy (non-hydrogen) atoms. The summed E-state index contributed by atoms with van der Waals surface area (Å²) in [7, 11) is 0. The smallest absolute Gasteiger partial charge is 0.157 e. The lowest BCUT2D eigenvalue weighted by Crippen LogP contribution is -1.81. The van der Waals surface area contributed by atoms with E-state index in [1.807, 2.05) is 6.92 Å². The Morgan fingerprint density at radius 1 is 1.40 bits per heavy atom. The molecule has 0 bridgehead atoms. The molecule has 0 unspecified atom stereocenters. The minimum absolute atomic E-state index is 0.142. The Balaban J connectivity index is 4.17. The van der Waals surface area contributed by atoms with Crippen LogP contribution in [0.1, 0.15) is 13.3 Å². The molecule has 2 N–H and O–H groups in total. The van der Waals surface area contributed by atoms with E-state index in [9.17, 15) is 0 Å². The molecule has 0 saturated carbocycles. The molecule has 0 aliphatic carbocycles. The summed E-state index contributed by atoms with van der Waals surface area (Å²) in [6, 6.07) is 0. The zero-order valence-electron chi connectivity index (χ0n) is 6.04. The Morgan fingerprint density at radius 3 is 2.40 bits per heavy atom. The second kappa shape index (κ2) is 4.68. The first-order valence-electron chi connectivity index (χ1n) is 3.13. The van der Waals surface area contributed by atoms with Crippen molar-refractivity contribution in [3.63, 3.8) is 0 Å². The molecule has 0 heterocycles. The molecular weight excluding hydrogens is 128 g/mol. The summed E-state index contributed by atoms with van der Waals surface area (Å²) in [5.41, 5.74) is 0. The van der Waals surface area contributed by atoms with Crippen LogP contribution in [0.3, 0.4) is 0 Å². The molecule has 0 saturated heterocycles. The predicted octanol–water partition coefficient (Wildman–Crippen LogP) is 2.47. The average Bonchev–Trinajstić information content (AvgIpc) is 1.98. The summed E-state index contributed by atoms with van der Waals surface area (Å²) >= 11 is 0. The molecule has 0 aromatic rings. The van der Waals surface area contributed by atoms with Gasteiger partial charge in [0.15, 0.2) is 11.5 Å². The van der Waals surface area contributed by atoms with Gasteiger partial charge in [0, 0.05) is 0 Å². The van der Waals surface area contributed by atoms with Crippen LogP contribution >= 0.6 is 0 Å². The first kappa shape index (κ1) is 8.82. The van der Waals surface area contributed by atoms with Gasteiger partial charge in [-0.15, -0.1) is 0 Å². The Morgan fingerprint density at radius 2 is 2.00 bits per heavy atom. The van der Waals surface area contributed by atoms with E-state index in [2.05, 4.69) is 6.58 Å². The van der Waals surface area contributed by atoms with Crippen molar-refractivity contribution >= 4 is 0 Å². The minimum Gasteiger partial charge on any atom is -0.504 e. The number of hydrogen-bond donors (Lipinski definition) is 2. The molecule has 0 rings (SSSR count). The molecule has 56 valence electrons. The molecule has 0 amide bonds. The van der Waals surface area contributed by atoms with Crippen molar-refractivity contribution in [3.05, 3.63) is 36.3 Å². The van der Waals surface area contributed by atoms with E-state index in [4.69, 9.17) is 10.2 Å². The standard InChI is InChI=1S/C8H12O2/c1-3-5-6-8(10)7(9)4-2/h4-6,9-10H,2-3H2,1H3. The highest BCUT2D eigenvalue weighted by atomic mass is 16.3. The Labute approximate surface area is 60.8 Å². The van der Waals surface area contributed by atoms with Crippen LogP contribution in [-0.2, 0) is 0 Å². The third-order valence-electron chi connectivity index (χ3n) is 0.967. The van der Waals surface area contributed by atoms with E-state index in [1.165, 1.54) is 12.2 Å². The lowest BCUT2D eigenvalue weighted by molar-refractivity contribution is 0.352. The summed E-state index contributed by atoms with van der Waals surface area (Å²) in [5, 5.41) is 17.7. The molecule has 0 aliphatic rings. The molecular formula is C8H12O2. The highest BCUT2D eigenvalue weighted by Crippen LogP contribution is 1.99. The van der Waals surface area contributed by atoms with Gasteiger partial charge >= 0.3 is 0 Å². The SMILES string of the molecule is C=CC(O)=C(O)C=CCC. The van der Waals surface area contributed by atoms with Gasteiger partial charge in [-0.05, 0) is 18.6 Å². The van der Waals surface area contributed by atoms with Gasteiger partial charge in [-0.2, -0.15) is 0 Å². The predicted molar refractivity (Wildman–Crippen MR) is 41.9 cm³/mol. The van der Waals surface area contributed by atoms with Gasteiger partial charge < -0.3 is 10.2 Å². The van der Waals surface area contributed by atoms with Crippen molar-refractivity contribution in [2.24, 2.45) is 0 Å². The van der Waals surface area contributed by atoms with Gasteiger partial charge in [-0.1, -0.05) is 19.6 Å². The van der Waals surface area contributed by atoms with E-state index >= 15 is 0 Å². The van der Waals surface area contributed by atoms with Crippen LogP contribution in [0.5, 0.6) is 0 Å². The van der Waals surface area contributed by atoms with Gasteiger partial charge in [0.05, 0.1) is 0 Å². The highest BCUT2D eigenvalue weighted by molar-refractivity contribution is 5.20.